The van der Waals surface area contributed by atoms with E-state index >= 15 is 0 Å². The first-order valence-electron chi connectivity index (χ1n) is 6.73. The molecule has 0 unspecified atom stereocenters. The molecule has 0 atom stereocenters. The van der Waals surface area contributed by atoms with Crippen molar-refractivity contribution in [2.24, 2.45) is 5.92 Å². The number of anilines is 1. The number of nitrogens with one attached hydrogen (secondary N) is 2. The maximum absolute atomic E-state index is 11.7. The van der Waals surface area contributed by atoms with E-state index in [1.165, 1.54) is 0 Å². The van der Waals surface area contributed by atoms with Gasteiger partial charge in [0.2, 0.25) is 0 Å². The minimum Gasteiger partial charge on any atom is -0.381 e. The van der Waals surface area contributed by atoms with Crippen LogP contribution in [0.25, 0.3) is 0 Å². The lowest BCUT2D eigenvalue weighted by Crippen LogP contribution is -2.31. The molecular weight excluding hydrogens is 299 g/mol. The summed E-state index contributed by atoms with van der Waals surface area (Å²) in [5.74, 6) is 0.647. The smallest absolute Gasteiger partial charge is 0.319 e. The van der Waals surface area contributed by atoms with Gasteiger partial charge in [-0.05, 0) is 43.4 Å². The molecule has 1 heterocycles. The summed E-state index contributed by atoms with van der Waals surface area (Å²) in [5.41, 5.74) is 0.628. The predicted molar refractivity (Wildman–Crippen MR) is 81.6 cm³/mol. The van der Waals surface area contributed by atoms with Gasteiger partial charge in [0.1, 0.15) is 0 Å². The third kappa shape index (κ3) is 4.85. The standard InChI is InChI=1S/C14H18Cl2N2O2/c15-12-2-1-11(9-13(12)16)18-14(19)17-6-3-10-4-7-20-8-5-10/h1-2,9-10H,3-8H2,(H2,17,18,19). The molecule has 0 spiro atoms. The maximum Gasteiger partial charge on any atom is 0.319 e. The first kappa shape index (κ1) is 15.4. The Morgan fingerprint density at radius 1 is 1.25 bits per heavy atom. The summed E-state index contributed by atoms with van der Waals surface area (Å²) in [6, 6.07) is 4.77. The molecule has 1 aromatic carbocycles. The van der Waals surface area contributed by atoms with Crippen LogP contribution < -0.4 is 10.6 Å². The van der Waals surface area contributed by atoms with Crippen LogP contribution in [0.1, 0.15) is 19.3 Å². The molecule has 2 N–H and O–H groups in total. The lowest BCUT2D eigenvalue weighted by molar-refractivity contribution is 0.0642. The number of carbonyl (C=O) groups is 1. The number of hydrogen-bond acceptors (Lipinski definition) is 2. The minimum atomic E-state index is -0.226. The predicted octanol–water partition coefficient (Wildman–Crippen LogP) is 3.93. The first-order valence-corrected chi connectivity index (χ1v) is 7.48. The molecule has 1 aliphatic heterocycles. The van der Waals surface area contributed by atoms with Gasteiger partial charge >= 0.3 is 6.03 Å². The molecule has 0 saturated carbocycles. The molecule has 2 amide bonds. The molecule has 0 radical (unpaired) electrons. The average molecular weight is 317 g/mol. The summed E-state index contributed by atoms with van der Waals surface area (Å²) in [4.78, 5) is 11.7. The highest BCUT2D eigenvalue weighted by molar-refractivity contribution is 6.42. The molecular formula is C14H18Cl2N2O2. The second-order valence-corrected chi connectivity index (χ2v) is 5.67. The number of ether oxygens (including phenoxy) is 1. The summed E-state index contributed by atoms with van der Waals surface area (Å²) in [6.07, 6.45) is 3.14. The fourth-order valence-corrected chi connectivity index (χ4v) is 2.47. The van der Waals surface area contributed by atoms with Crippen LogP contribution in [0.4, 0.5) is 10.5 Å². The molecule has 1 aromatic rings. The number of hydrogen-bond donors (Lipinski definition) is 2. The van der Waals surface area contributed by atoms with E-state index in [1.807, 2.05) is 0 Å². The largest absolute Gasteiger partial charge is 0.381 e. The lowest BCUT2D eigenvalue weighted by Gasteiger charge is -2.21. The number of carbonyl (C=O) groups excluding carboxylic acids is 1. The Hall–Kier alpha value is -0.970. The van der Waals surface area contributed by atoms with E-state index in [9.17, 15) is 4.79 Å². The van der Waals surface area contributed by atoms with Crippen molar-refractivity contribution in [3.05, 3.63) is 28.2 Å². The molecule has 1 fully saturated rings. The van der Waals surface area contributed by atoms with Crippen molar-refractivity contribution < 1.29 is 9.53 Å². The Morgan fingerprint density at radius 3 is 2.70 bits per heavy atom. The highest BCUT2D eigenvalue weighted by Crippen LogP contribution is 2.24. The van der Waals surface area contributed by atoms with Crippen molar-refractivity contribution in [2.75, 3.05) is 25.1 Å². The van der Waals surface area contributed by atoms with Crippen molar-refractivity contribution in [1.82, 2.24) is 5.32 Å². The van der Waals surface area contributed by atoms with Crippen LogP contribution in [-0.2, 0) is 4.74 Å². The van der Waals surface area contributed by atoms with Crippen LogP contribution in [-0.4, -0.2) is 25.8 Å². The third-order valence-corrected chi connectivity index (χ3v) is 4.10. The Morgan fingerprint density at radius 2 is 2.00 bits per heavy atom. The second kappa shape index (κ2) is 7.72. The Kier molecular flexibility index (Phi) is 5.95. The molecule has 0 aromatic heterocycles. The van der Waals surface area contributed by atoms with Gasteiger partial charge in [-0.25, -0.2) is 4.79 Å². The van der Waals surface area contributed by atoms with Gasteiger partial charge in [0.25, 0.3) is 0 Å². The maximum atomic E-state index is 11.7. The van der Waals surface area contributed by atoms with E-state index in [0.717, 1.165) is 32.5 Å². The summed E-state index contributed by atoms with van der Waals surface area (Å²) in [7, 11) is 0. The third-order valence-electron chi connectivity index (χ3n) is 3.36. The van der Waals surface area contributed by atoms with Gasteiger partial charge in [0.05, 0.1) is 10.0 Å². The van der Waals surface area contributed by atoms with Crippen molar-refractivity contribution in [3.8, 4) is 0 Å². The number of benzene rings is 1. The molecule has 1 aliphatic rings. The van der Waals surface area contributed by atoms with E-state index < -0.39 is 0 Å². The van der Waals surface area contributed by atoms with Crippen LogP contribution in [0.5, 0.6) is 0 Å². The van der Waals surface area contributed by atoms with Crippen molar-refractivity contribution in [3.63, 3.8) is 0 Å². The molecule has 20 heavy (non-hydrogen) atoms. The van der Waals surface area contributed by atoms with Crippen molar-refractivity contribution in [1.29, 1.82) is 0 Å². The van der Waals surface area contributed by atoms with Gasteiger partial charge in [0, 0.05) is 25.4 Å². The zero-order valence-electron chi connectivity index (χ0n) is 11.1. The van der Waals surface area contributed by atoms with Gasteiger partial charge in [-0.1, -0.05) is 23.2 Å². The van der Waals surface area contributed by atoms with E-state index in [2.05, 4.69) is 10.6 Å². The number of urea groups is 1. The molecule has 2 rings (SSSR count). The van der Waals surface area contributed by atoms with Crippen molar-refractivity contribution in [2.45, 2.75) is 19.3 Å². The molecule has 0 aliphatic carbocycles. The van der Waals surface area contributed by atoms with Crippen LogP contribution >= 0.6 is 23.2 Å². The quantitative estimate of drug-likeness (QED) is 0.884. The monoisotopic (exact) mass is 316 g/mol. The Bertz CT molecular complexity index is 462. The number of amides is 2. The fourth-order valence-electron chi connectivity index (χ4n) is 2.17. The topological polar surface area (TPSA) is 50.4 Å². The van der Waals surface area contributed by atoms with Crippen molar-refractivity contribution >= 4 is 34.9 Å². The van der Waals surface area contributed by atoms with Crippen LogP contribution in [0.2, 0.25) is 10.0 Å². The zero-order chi connectivity index (χ0) is 14.4. The van der Waals surface area contributed by atoms with Gasteiger partial charge in [-0.15, -0.1) is 0 Å². The van der Waals surface area contributed by atoms with Gasteiger partial charge in [0.15, 0.2) is 0 Å². The second-order valence-electron chi connectivity index (χ2n) is 4.85. The van der Waals surface area contributed by atoms with Gasteiger partial charge in [-0.2, -0.15) is 0 Å². The minimum absolute atomic E-state index is 0.226. The number of halogens is 2. The summed E-state index contributed by atoms with van der Waals surface area (Å²) < 4.78 is 5.30. The average Bonchev–Trinajstić information content (AvgIpc) is 2.44. The van der Waals surface area contributed by atoms with Crippen LogP contribution in [0.15, 0.2) is 18.2 Å². The SMILES string of the molecule is O=C(NCCC1CCOCC1)Nc1ccc(Cl)c(Cl)c1. The molecule has 6 heteroatoms. The molecule has 4 nitrogen and oxygen atoms in total. The number of rotatable bonds is 4. The van der Waals surface area contributed by atoms with E-state index in [0.29, 0.717) is 28.2 Å². The normalized spacial score (nSPS) is 15.9. The Labute approximate surface area is 128 Å². The van der Waals surface area contributed by atoms with E-state index in [4.69, 9.17) is 27.9 Å². The van der Waals surface area contributed by atoms with E-state index in [-0.39, 0.29) is 6.03 Å². The van der Waals surface area contributed by atoms with Gasteiger partial charge < -0.3 is 15.4 Å². The summed E-state index contributed by atoms with van der Waals surface area (Å²) in [5, 5.41) is 6.47. The highest BCUT2D eigenvalue weighted by atomic mass is 35.5. The summed E-state index contributed by atoms with van der Waals surface area (Å²) in [6.45, 7) is 2.33. The van der Waals surface area contributed by atoms with Crippen LogP contribution in [0, 0.1) is 5.92 Å². The zero-order valence-corrected chi connectivity index (χ0v) is 12.6. The first-order chi connectivity index (χ1) is 9.65. The molecule has 0 bridgehead atoms. The summed E-state index contributed by atoms with van der Waals surface area (Å²) >= 11 is 11.7. The van der Waals surface area contributed by atoms with E-state index in [1.54, 1.807) is 18.2 Å². The highest BCUT2D eigenvalue weighted by Gasteiger charge is 2.13. The molecule has 110 valence electrons. The van der Waals surface area contributed by atoms with Crippen LogP contribution in [0.3, 0.4) is 0 Å². The van der Waals surface area contributed by atoms with Gasteiger partial charge in [-0.3, -0.25) is 0 Å². The Balaban J connectivity index is 1.70. The fraction of sp³-hybridized carbons (Fsp3) is 0.500. The lowest BCUT2D eigenvalue weighted by atomic mass is 9.97. The molecule has 1 saturated heterocycles.